The van der Waals surface area contributed by atoms with Gasteiger partial charge in [-0.1, -0.05) is 188 Å². The second-order valence-corrected chi connectivity index (χ2v) is 16.6. The molecule has 3 aromatic heterocycles. The fourth-order valence-electron chi connectivity index (χ4n) is 8.35. The van der Waals surface area contributed by atoms with Crippen molar-refractivity contribution < 1.29 is 0 Å². The van der Waals surface area contributed by atoms with Crippen LogP contribution < -0.4 is 0 Å². The number of benzene rings is 8. The molecule has 0 saturated heterocycles. The van der Waals surface area contributed by atoms with Crippen LogP contribution in [0, 0.1) is 13.8 Å². The Bertz CT molecular complexity index is 3470. The minimum atomic E-state index is 0.584. The lowest BCUT2D eigenvalue weighted by atomic mass is 9.93. The van der Waals surface area contributed by atoms with E-state index in [0.29, 0.717) is 34.9 Å². The molecule has 3 heterocycles. The summed E-state index contributed by atoms with van der Waals surface area (Å²) in [5.41, 5.74) is 14.5. The Hall–Kier alpha value is -9.14. The maximum atomic E-state index is 5.11. The third-order valence-corrected chi connectivity index (χ3v) is 11.7. The maximum Gasteiger partial charge on any atom is 0.164 e. The molecule has 8 aromatic carbocycles. The van der Waals surface area contributed by atoms with Crippen molar-refractivity contribution in [1.82, 2.24) is 39.9 Å². The van der Waals surface area contributed by atoms with E-state index in [2.05, 4.69) is 120 Å². The summed E-state index contributed by atoms with van der Waals surface area (Å²) in [6, 6.07) is 74.4. The highest BCUT2D eigenvalue weighted by molar-refractivity contribution is 5.83. The fourth-order valence-corrected chi connectivity index (χ4v) is 8.35. The van der Waals surface area contributed by atoms with Gasteiger partial charge in [-0.3, -0.25) is 0 Å². The van der Waals surface area contributed by atoms with Crippen LogP contribution in [0.5, 0.6) is 0 Å². The first-order chi connectivity index (χ1) is 33.5. The molecule has 68 heavy (non-hydrogen) atoms. The van der Waals surface area contributed by atoms with Crippen molar-refractivity contribution in [3.05, 3.63) is 230 Å². The zero-order valence-electron chi connectivity index (χ0n) is 37.4. The van der Waals surface area contributed by atoms with Crippen molar-refractivity contribution in [3.63, 3.8) is 0 Å². The van der Waals surface area contributed by atoms with E-state index in [1.807, 2.05) is 117 Å². The average molecular weight is 875 g/mol. The molecule has 0 fully saturated rings. The molecular weight excluding hydrogens is 833 g/mol. The number of aryl methyl sites for hydroxylation is 2. The van der Waals surface area contributed by atoms with Crippen LogP contribution >= 0.6 is 0 Å². The van der Waals surface area contributed by atoms with Crippen molar-refractivity contribution in [1.29, 1.82) is 0 Å². The SMILES string of the molecule is Cc1cc(-c2cc(-c3ccc(-c4nc(-c5ccccc5)nc(-c5ccccc5)n4)cc3)cc(-c3cccc(-c4nc(-c5ccccc5)nc(-c5ccc(-c6ccccc6)cc5)n4)c3)c2)nc(C)n1. The summed E-state index contributed by atoms with van der Waals surface area (Å²) < 4.78 is 0. The first-order valence-corrected chi connectivity index (χ1v) is 22.5. The lowest BCUT2D eigenvalue weighted by Crippen LogP contribution is -2.00. The molecule has 0 aliphatic rings. The van der Waals surface area contributed by atoms with Crippen molar-refractivity contribution in [2.24, 2.45) is 0 Å². The van der Waals surface area contributed by atoms with Crippen LogP contribution in [-0.4, -0.2) is 39.9 Å². The summed E-state index contributed by atoms with van der Waals surface area (Å²) >= 11 is 0. The van der Waals surface area contributed by atoms with Crippen LogP contribution in [0.25, 0.3) is 113 Å². The normalized spacial score (nSPS) is 11.1. The highest BCUT2D eigenvalue weighted by Gasteiger charge is 2.17. The summed E-state index contributed by atoms with van der Waals surface area (Å²) in [5.74, 6) is 4.35. The van der Waals surface area contributed by atoms with Crippen molar-refractivity contribution in [3.8, 4) is 113 Å². The van der Waals surface area contributed by atoms with Gasteiger partial charge in [-0.2, -0.15) is 0 Å². The van der Waals surface area contributed by atoms with E-state index < -0.39 is 0 Å². The molecule has 0 aliphatic carbocycles. The fraction of sp³-hybridized carbons (Fsp3) is 0.0333. The molecule has 0 unspecified atom stereocenters. The molecule has 8 nitrogen and oxygen atoms in total. The largest absolute Gasteiger partial charge is 0.239 e. The average Bonchev–Trinajstić information content (AvgIpc) is 3.41. The van der Waals surface area contributed by atoms with Crippen LogP contribution in [-0.2, 0) is 0 Å². The molecule has 8 heteroatoms. The zero-order chi connectivity index (χ0) is 45.8. The summed E-state index contributed by atoms with van der Waals surface area (Å²) in [5, 5.41) is 0. The van der Waals surface area contributed by atoms with E-state index in [4.69, 9.17) is 34.9 Å². The highest BCUT2D eigenvalue weighted by Crippen LogP contribution is 2.36. The molecule has 0 radical (unpaired) electrons. The molecule has 11 aromatic rings. The van der Waals surface area contributed by atoms with Gasteiger partial charge < -0.3 is 0 Å². The smallest absolute Gasteiger partial charge is 0.164 e. The van der Waals surface area contributed by atoms with Gasteiger partial charge in [0.05, 0.1) is 5.69 Å². The van der Waals surface area contributed by atoms with E-state index >= 15 is 0 Å². The lowest BCUT2D eigenvalue weighted by molar-refractivity contribution is 1.02. The minimum absolute atomic E-state index is 0.584. The number of hydrogen-bond acceptors (Lipinski definition) is 8. The second kappa shape index (κ2) is 18.4. The Kier molecular flexibility index (Phi) is 11.2. The number of nitrogens with zero attached hydrogens (tertiary/aromatic N) is 8. The highest BCUT2D eigenvalue weighted by atomic mass is 15.0. The van der Waals surface area contributed by atoms with Gasteiger partial charge in [-0.15, -0.1) is 0 Å². The van der Waals surface area contributed by atoms with E-state index in [1.54, 1.807) is 0 Å². The standard InChI is InChI=1S/C60H42N8/c1-39-34-54(62-40(2)61-39)53-37-51(43-28-32-48(33-29-43)58-64-55(44-18-9-4-10-19-44)63-56(65-58)45-20-11-5-12-21-45)36-52(38-53)49-24-15-25-50(35-49)60-67-57(46-22-13-6-14-23-46)66-59(68-60)47-30-26-42(27-31-47)41-16-7-3-8-17-41/h3-38H,1-2H3. The minimum Gasteiger partial charge on any atom is -0.239 e. The summed E-state index contributed by atoms with van der Waals surface area (Å²) in [6.07, 6.45) is 0. The van der Waals surface area contributed by atoms with Gasteiger partial charge in [0.1, 0.15) is 5.82 Å². The zero-order valence-corrected chi connectivity index (χ0v) is 37.4. The Labute approximate surface area is 394 Å². The molecule has 0 aliphatic heterocycles. The van der Waals surface area contributed by atoms with Crippen molar-refractivity contribution in [2.75, 3.05) is 0 Å². The topological polar surface area (TPSA) is 103 Å². The maximum absolute atomic E-state index is 5.11. The van der Waals surface area contributed by atoms with Gasteiger partial charge in [-0.25, -0.2) is 39.9 Å². The third kappa shape index (κ3) is 8.94. The Morgan fingerprint density at radius 2 is 0.500 bits per heavy atom. The molecule has 0 atom stereocenters. The van der Waals surface area contributed by atoms with Gasteiger partial charge in [0, 0.05) is 44.6 Å². The van der Waals surface area contributed by atoms with E-state index in [-0.39, 0.29) is 0 Å². The first-order valence-electron chi connectivity index (χ1n) is 22.5. The predicted octanol–water partition coefficient (Wildman–Crippen LogP) is 14.1. The van der Waals surface area contributed by atoms with Crippen LogP contribution in [0.15, 0.2) is 218 Å². The molecule has 0 N–H and O–H groups in total. The van der Waals surface area contributed by atoms with Crippen molar-refractivity contribution in [2.45, 2.75) is 13.8 Å². The van der Waals surface area contributed by atoms with Gasteiger partial charge in [0.2, 0.25) is 0 Å². The summed E-state index contributed by atoms with van der Waals surface area (Å²) in [6.45, 7) is 3.93. The van der Waals surface area contributed by atoms with Gasteiger partial charge in [-0.05, 0) is 77.6 Å². The lowest BCUT2D eigenvalue weighted by Gasteiger charge is -2.13. The Balaban J connectivity index is 0.991. The molecule has 11 rings (SSSR count). The summed E-state index contributed by atoms with van der Waals surface area (Å²) in [7, 11) is 0. The molecule has 0 amide bonds. The number of rotatable bonds is 10. The second-order valence-electron chi connectivity index (χ2n) is 16.6. The van der Waals surface area contributed by atoms with E-state index in [9.17, 15) is 0 Å². The van der Waals surface area contributed by atoms with Gasteiger partial charge >= 0.3 is 0 Å². The number of hydrogen-bond donors (Lipinski definition) is 0. The van der Waals surface area contributed by atoms with Crippen LogP contribution in [0.3, 0.4) is 0 Å². The Morgan fingerprint density at radius 3 is 0.941 bits per heavy atom. The van der Waals surface area contributed by atoms with Crippen LogP contribution in [0.4, 0.5) is 0 Å². The van der Waals surface area contributed by atoms with Gasteiger partial charge in [0.25, 0.3) is 0 Å². The monoisotopic (exact) mass is 874 g/mol. The van der Waals surface area contributed by atoms with Crippen LogP contribution in [0.2, 0.25) is 0 Å². The first kappa shape index (κ1) is 41.6. The molecule has 0 spiro atoms. The predicted molar refractivity (Wildman–Crippen MR) is 273 cm³/mol. The van der Waals surface area contributed by atoms with E-state index in [1.165, 1.54) is 0 Å². The van der Waals surface area contributed by atoms with E-state index in [0.717, 1.165) is 89.5 Å². The number of aromatic nitrogens is 8. The molecular formula is C60H42N8. The quantitative estimate of drug-likeness (QED) is 0.134. The van der Waals surface area contributed by atoms with Crippen LogP contribution in [0.1, 0.15) is 11.5 Å². The van der Waals surface area contributed by atoms with Crippen molar-refractivity contribution >= 4 is 0 Å². The molecule has 322 valence electrons. The molecule has 0 saturated carbocycles. The third-order valence-electron chi connectivity index (χ3n) is 11.7. The Morgan fingerprint density at radius 1 is 0.206 bits per heavy atom. The van der Waals surface area contributed by atoms with Gasteiger partial charge in [0.15, 0.2) is 34.9 Å². The summed E-state index contributed by atoms with van der Waals surface area (Å²) in [4.78, 5) is 39.5. The molecule has 0 bridgehead atoms.